The standard InChI is InChI=1S/C32H29NO2/c34-33(31(27-16-6-2-7-17-27)24-35-23-25-13-4-1-5-14-25)32(28-18-8-3-9-19-28)30-22-12-20-26-15-10-11-21-29(26)30/h1-22,31-32,34H,23-24H2/t31-,32-/m0/s1. The van der Waals surface area contributed by atoms with Gasteiger partial charge >= 0.3 is 0 Å². The van der Waals surface area contributed by atoms with E-state index in [9.17, 15) is 5.21 Å². The Kier molecular flexibility index (Phi) is 7.30. The van der Waals surface area contributed by atoms with Crippen molar-refractivity contribution in [3.8, 4) is 0 Å². The molecule has 3 nitrogen and oxygen atoms in total. The number of hydrogen-bond acceptors (Lipinski definition) is 3. The summed E-state index contributed by atoms with van der Waals surface area (Å²) in [5.41, 5.74) is 4.19. The Bertz CT molecular complexity index is 1330. The monoisotopic (exact) mass is 459 g/mol. The largest absolute Gasteiger partial charge is 0.375 e. The number of rotatable bonds is 9. The first kappa shape index (κ1) is 23.0. The maximum Gasteiger partial charge on any atom is 0.0863 e. The normalized spacial score (nSPS) is 13.1. The predicted octanol–water partition coefficient (Wildman–Crippen LogP) is 7.58. The first-order valence-corrected chi connectivity index (χ1v) is 12.0. The quantitative estimate of drug-likeness (QED) is 0.231. The summed E-state index contributed by atoms with van der Waals surface area (Å²) >= 11 is 0. The highest BCUT2D eigenvalue weighted by Crippen LogP contribution is 2.37. The van der Waals surface area contributed by atoms with Crippen molar-refractivity contribution in [1.29, 1.82) is 0 Å². The fraction of sp³-hybridized carbons (Fsp3) is 0.125. The maximum absolute atomic E-state index is 11.9. The number of fused-ring (bicyclic) bond motifs is 1. The molecule has 5 rings (SSSR count). The van der Waals surface area contributed by atoms with Crippen molar-refractivity contribution in [2.45, 2.75) is 18.7 Å². The van der Waals surface area contributed by atoms with Crippen LogP contribution in [-0.2, 0) is 11.3 Å². The molecular weight excluding hydrogens is 430 g/mol. The van der Waals surface area contributed by atoms with Gasteiger partial charge in [-0.05, 0) is 33.0 Å². The van der Waals surface area contributed by atoms with Crippen LogP contribution >= 0.6 is 0 Å². The lowest BCUT2D eigenvalue weighted by Crippen LogP contribution is -2.33. The highest BCUT2D eigenvalue weighted by molar-refractivity contribution is 5.86. The first-order valence-electron chi connectivity index (χ1n) is 12.0. The van der Waals surface area contributed by atoms with E-state index in [1.807, 2.05) is 78.9 Å². The van der Waals surface area contributed by atoms with Crippen molar-refractivity contribution in [1.82, 2.24) is 5.06 Å². The van der Waals surface area contributed by atoms with Gasteiger partial charge in [-0.3, -0.25) is 0 Å². The summed E-state index contributed by atoms with van der Waals surface area (Å²) in [7, 11) is 0. The van der Waals surface area contributed by atoms with Crippen LogP contribution in [-0.4, -0.2) is 16.9 Å². The molecule has 0 bridgehead atoms. The van der Waals surface area contributed by atoms with Gasteiger partial charge in [0.25, 0.3) is 0 Å². The van der Waals surface area contributed by atoms with Crippen LogP contribution in [0, 0.1) is 0 Å². The van der Waals surface area contributed by atoms with Crippen molar-refractivity contribution < 1.29 is 9.94 Å². The molecule has 0 unspecified atom stereocenters. The molecule has 0 spiro atoms. The zero-order valence-electron chi connectivity index (χ0n) is 19.6. The average molecular weight is 460 g/mol. The van der Waals surface area contributed by atoms with Crippen molar-refractivity contribution in [2.24, 2.45) is 0 Å². The van der Waals surface area contributed by atoms with Gasteiger partial charge in [-0.2, -0.15) is 5.06 Å². The van der Waals surface area contributed by atoms with Crippen LogP contribution < -0.4 is 0 Å². The van der Waals surface area contributed by atoms with Crippen LogP contribution in [0.5, 0.6) is 0 Å². The predicted molar refractivity (Wildman–Crippen MR) is 141 cm³/mol. The van der Waals surface area contributed by atoms with E-state index in [1.54, 1.807) is 0 Å². The smallest absolute Gasteiger partial charge is 0.0863 e. The van der Waals surface area contributed by atoms with E-state index in [1.165, 1.54) is 5.06 Å². The highest BCUT2D eigenvalue weighted by Gasteiger charge is 2.30. The molecule has 0 aliphatic heterocycles. The van der Waals surface area contributed by atoms with E-state index in [0.717, 1.165) is 33.0 Å². The number of ether oxygens (including phenoxy) is 1. The lowest BCUT2D eigenvalue weighted by atomic mass is 9.92. The molecule has 1 N–H and O–H groups in total. The second-order valence-electron chi connectivity index (χ2n) is 8.69. The van der Waals surface area contributed by atoms with Gasteiger partial charge in [-0.1, -0.05) is 133 Å². The molecule has 35 heavy (non-hydrogen) atoms. The number of benzene rings is 5. The van der Waals surface area contributed by atoms with Crippen LogP contribution in [0.3, 0.4) is 0 Å². The average Bonchev–Trinajstić information content (AvgIpc) is 2.93. The van der Waals surface area contributed by atoms with E-state index < -0.39 is 0 Å². The Labute approximate surface area is 206 Å². The van der Waals surface area contributed by atoms with Crippen molar-refractivity contribution in [2.75, 3.05) is 6.61 Å². The lowest BCUT2D eigenvalue weighted by Gasteiger charge is -2.34. The molecule has 0 aliphatic carbocycles. The Morgan fingerprint density at radius 3 is 1.89 bits per heavy atom. The van der Waals surface area contributed by atoms with Crippen molar-refractivity contribution in [3.63, 3.8) is 0 Å². The molecule has 0 amide bonds. The van der Waals surface area contributed by atoms with Crippen LogP contribution in [0.1, 0.15) is 34.3 Å². The molecule has 3 heteroatoms. The third-order valence-electron chi connectivity index (χ3n) is 6.39. The minimum absolute atomic E-state index is 0.351. The van der Waals surface area contributed by atoms with E-state index in [-0.39, 0.29) is 12.1 Å². The summed E-state index contributed by atoms with van der Waals surface area (Å²) in [4.78, 5) is 0. The summed E-state index contributed by atoms with van der Waals surface area (Å²) in [6.45, 7) is 0.839. The second kappa shape index (κ2) is 11.1. The van der Waals surface area contributed by atoms with Crippen LogP contribution in [0.2, 0.25) is 0 Å². The summed E-state index contributed by atoms with van der Waals surface area (Å²) in [6.07, 6.45) is 0. The van der Waals surface area contributed by atoms with Crippen molar-refractivity contribution in [3.05, 3.63) is 156 Å². The van der Waals surface area contributed by atoms with Gasteiger partial charge < -0.3 is 9.94 Å². The zero-order chi connectivity index (χ0) is 23.9. The van der Waals surface area contributed by atoms with Crippen LogP contribution in [0.15, 0.2) is 133 Å². The molecule has 0 aromatic heterocycles. The van der Waals surface area contributed by atoms with Gasteiger partial charge in [-0.25, -0.2) is 0 Å². The molecule has 0 saturated heterocycles. The summed E-state index contributed by atoms with van der Waals surface area (Å²) in [5.74, 6) is 0. The molecule has 0 fully saturated rings. The van der Waals surface area contributed by atoms with E-state index >= 15 is 0 Å². The highest BCUT2D eigenvalue weighted by atomic mass is 16.5. The van der Waals surface area contributed by atoms with Gasteiger partial charge in [-0.15, -0.1) is 0 Å². The topological polar surface area (TPSA) is 32.7 Å². The van der Waals surface area contributed by atoms with Gasteiger partial charge in [0, 0.05) is 0 Å². The Morgan fingerprint density at radius 1 is 0.600 bits per heavy atom. The number of hydrogen-bond donors (Lipinski definition) is 1. The number of hydroxylamine groups is 2. The molecule has 0 heterocycles. The molecule has 0 saturated carbocycles. The van der Waals surface area contributed by atoms with E-state index in [2.05, 4.69) is 54.6 Å². The third-order valence-corrected chi connectivity index (χ3v) is 6.39. The summed E-state index contributed by atoms with van der Waals surface area (Å²) in [5, 5.41) is 15.7. The molecular formula is C32H29NO2. The third kappa shape index (κ3) is 5.33. The van der Waals surface area contributed by atoms with E-state index in [0.29, 0.717) is 13.2 Å². The van der Waals surface area contributed by atoms with E-state index in [4.69, 9.17) is 4.74 Å². The Hall–Kier alpha value is -3.76. The Morgan fingerprint density at radius 2 is 1.17 bits per heavy atom. The lowest BCUT2D eigenvalue weighted by molar-refractivity contribution is -0.169. The zero-order valence-corrected chi connectivity index (χ0v) is 19.6. The number of nitrogens with zero attached hydrogens (tertiary/aromatic N) is 1. The molecule has 0 aliphatic rings. The summed E-state index contributed by atoms with van der Waals surface area (Å²) < 4.78 is 6.17. The SMILES string of the molecule is ON([C@@H](c1ccccc1)c1cccc2ccccc12)[C@@H](COCc1ccccc1)c1ccccc1. The molecule has 174 valence electrons. The van der Waals surface area contributed by atoms with Gasteiger partial charge in [0.2, 0.25) is 0 Å². The molecule has 2 atom stereocenters. The van der Waals surface area contributed by atoms with Gasteiger partial charge in [0.05, 0.1) is 25.3 Å². The fourth-order valence-corrected chi connectivity index (χ4v) is 4.64. The maximum atomic E-state index is 11.9. The van der Waals surface area contributed by atoms with Gasteiger partial charge in [0.1, 0.15) is 0 Å². The van der Waals surface area contributed by atoms with Gasteiger partial charge in [0.15, 0.2) is 0 Å². The summed E-state index contributed by atoms with van der Waals surface area (Å²) in [6, 6.07) is 44.3. The minimum atomic E-state index is -0.368. The first-order chi connectivity index (χ1) is 17.3. The van der Waals surface area contributed by atoms with Crippen molar-refractivity contribution >= 4 is 10.8 Å². The molecule has 0 radical (unpaired) electrons. The minimum Gasteiger partial charge on any atom is -0.375 e. The molecule has 5 aromatic carbocycles. The second-order valence-corrected chi connectivity index (χ2v) is 8.69. The Balaban J connectivity index is 1.53. The molecule has 5 aromatic rings. The van der Waals surface area contributed by atoms with Crippen LogP contribution in [0.25, 0.3) is 10.8 Å². The van der Waals surface area contributed by atoms with Crippen LogP contribution in [0.4, 0.5) is 0 Å². The fourth-order valence-electron chi connectivity index (χ4n) is 4.64.